The van der Waals surface area contributed by atoms with Crippen LogP contribution in [-0.4, -0.2) is 30.8 Å². The van der Waals surface area contributed by atoms with Gasteiger partial charge in [0.1, 0.15) is 0 Å². The van der Waals surface area contributed by atoms with Crippen molar-refractivity contribution in [3.8, 4) is 0 Å². The Morgan fingerprint density at radius 2 is 2.10 bits per heavy atom. The molecule has 0 aromatic heterocycles. The molecule has 2 aliphatic heterocycles. The lowest BCUT2D eigenvalue weighted by Gasteiger charge is -2.41. The standard InChI is InChI=1S/C16H21Br2NOS/c1-19-15(12-6-13(17)8-14(18)7-12)11-2-4-20-16(9-11)3-5-21-10-16/h6-8,11,15,19H,2-5,9-10H2,1H3. The van der Waals surface area contributed by atoms with Crippen molar-refractivity contribution in [2.24, 2.45) is 5.92 Å². The summed E-state index contributed by atoms with van der Waals surface area (Å²) in [5.74, 6) is 3.06. The third-order valence-electron chi connectivity index (χ3n) is 4.62. The Bertz CT molecular complexity index is 485. The van der Waals surface area contributed by atoms with Gasteiger partial charge in [0.05, 0.1) is 5.60 Å². The van der Waals surface area contributed by atoms with E-state index in [2.05, 4.69) is 62.4 Å². The molecular weight excluding hydrogens is 414 g/mol. The molecule has 116 valence electrons. The minimum absolute atomic E-state index is 0.145. The minimum Gasteiger partial charge on any atom is -0.374 e. The van der Waals surface area contributed by atoms with Gasteiger partial charge in [0.2, 0.25) is 0 Å². The van der Waals surface area contributed by atoms with Crippen LogP contribution in [0.3, 0.4) is 0 Å². The fraction of sp³-hybridized carbons (Fsp3) is 0.625. The van der Waals surface area contributed by atoms with Gasteiger partial charge in [-0.25, -0.2) is 0 Å². The van der Waals surface area contributed by atoms with Crippen molar-refractivity contribution < 1.29 is 4.74 Å². The molecular formula is C16H21Br2NOS. The number of ether oxygens (including phenoxy) is 1. The molecule has 3 atom stereocenters. The molecule has 0 bridgehead atoms. The van der Waals surface area contributed by atoms with E-state index in [1.165, 1.54) is 29.9 Å². The first kappa shape index (κ1) is 16.3. The molecule has 5 heteroatoms. The fourth-order valence-corrected chi connectivity index (χ4v) is 6.35. The normalized spacial score (nSPS) is 30.7. The molecule has 2 heterocycles. The van der Waals surface area contributed by atoms with Crippen LogP contribution in [-0.2, 0) is 4.74 Å². The lowest BCUT2D eigenvalue weighted by Crippen LogP contribution is -2.43. The molecule has 0 saturated carbocycles. The maximum Gasteiger partial charge on any atom is 0.0783 e. The van der Waals surface area contributed by atoms with Crippen molar-refractivity contribution in [2.75, 3.05) is 25.2 Å². The van der Waals surface area contributed by atoms with E-state index >= 15 is 0 Å². The molecule has 0 radical (unpaired) electrons. The van der Waals surface area contributed by atoms with E-state index in [0.29, 0.717) is 12.0 Å². The van der Waals surface area contributed by atoms with Gasteiger partial charge < -0.3 is 10.1 Å². The first-order valence-electron chi connectivity index (χ1n) is 7.47. The average Bonchev–Trinajstić information content (AvgIpc) is 2.86. The Balaban J connectivity index is 1.82. The molecule has 2 saturated heterocycles. The Hall–Kier alpha value is 0.450. The highest BCUT2D eigenvalue weighted by molar-refractivity contribution is 9.11. The van der Waals surface area contributed by atoms with Crippen LogP contribution >= 0.6 is 43.6 Å². The van der Waals surface area contributed by atoms with E-state index < -0.39 is 0 Å². The van der Waals surface area contributed by atoms with Crippen LogP contribution < -0.4 is 5.32 Å². The van der Waals surface area contributed by atoms with Crippen molar-refractivity contribution >= 4 is 43.6 Å². The van der Waals surface area contributed by atoms with Gasteiger partial charge >= 0.3 is 0 Å². The summed E-state index contributed by atoms with van der Waals surface area (Å²) in [6.07, 6.45) is 3.53. The lowest BCUT2D eigenvalue weighted by molar-refractivity contribution is -0.0850. The van der Waals surface area contributed by atoms with Crippen molar-refractivity contribution in [1.82, 2.24) is 5.32 Å². The number of rotatable bonds is 3. The maximum atomic E-state index is 6.17. The van der Waals surface area contributed by atoms with E-state index in [0.717, 1.165) is 22.0 Å². The summed E-state index contributed by atoms with van der Waals surface area (Å²) >= 11 is 9.26. The fourth-order valence-electron chi connectivity index (χ4n) is 3.64. The number of halogens is 2. The predicted octanol–water partition coefficient (Wildman–Crippen LogP) is 4.77. The Kier molecular flexibility index (Phi) is 5.37. The van der Waals surface area contributed by atoms with E-state index in [-0.39, 0.29) is 5.60 Å². The van der Waals surface area contributed by atoms with Crippen LogP contribution in [0.4, 0.5) is 0 Å². The van der Waals surface area contributed by atoms with Crippen LogP contribution in [0.2, 0.25) is 0 Å². The monoisotopic (exact) mass is 433 g/mol. The zero-order valence-electron chi connectivity index (χ0n) is 12.2. The zero-order chi connectivity index (χ0) is 14.9. The first-order chi connectivity index (χ1) is 10.1. The van der Waals surface area contributed by atoms with Crippen molar-refractivity contribution in [1.29, 1.82) is 0 Å². The number of nitrogens with one attached hydrogen (secondary N) is 1. The van der Waals surface area contributed by atoms with E-state index in [1.54, 1.807) is 0 Å². The van der Waals surface area contributed by atoms with Crippen LogP contribution in [0.25, 0.3) is 0 Å². The van der Waals surface area contributed by atoms with E-state index in [9.17, 15) is 0 Å². The Morgan fingerprint density at radius 3 is 2.71 bits per heavy atom. The largest absolute Gasteiger partial charge is 0.374 e. The molecule has 1 aromatic rings. The molecule has 21 heavy (non-hydrogen) atoms. The summed E-state index contributed by atoms with van der Waals surface area (Å²) in [6, 6.07) is 6.95. The number of hydrogen-bond donors (Lipinski definition) is 1. The molecule has 0 aliphatic carbocycles. The van der Waals surface area contributed by atoms with Crippen molar-refractivity contribution in [2.45, 2.75) is 30.9 Å². The summed E-state index contributed by atoms with van der Waals surface area (Å²) in [6.45, 7) is 0.901. The predicted molar refractivity (Wildman–Crippen MR) is 97.0 cm³/mol. The van der Waals surface area contributed by atoms with Gasteiger partial charge in [0, 0.05) is 27.3 Å². The average molecular weight is 435 g/mol. The lowest BCUT2D eigenvalue weighted by atomic mass is 9.79. The van der Waals surface area contributed by atoms with Gasteiger partial charge in [0.25, 0.3) is 0 Å². The van der Waals surface area contributed by atoms with Crippen molar-refractivity contribution in [3.05, 3.63) is 32.7 Å². The Labute approximate surface area is 148 Å². The smallest absolute Gasteiger partial charge is 0.0783 e. The van der Waals surface area contributed by atoms with E-state index in [1.807, 2.05) is 11.8 Å². The molecule has 1 spiro atoms. The minimum atomic E-state index is 0.145. The molecule has 1 N–H and O–H groups in total. The number of thioether (sulfide) groups is 1. The topological polar surface area (TPSA) is 21.3 Å². The van der Waals surface area contributed by atoms with Gasteiger partial charge in [0.15, 0.2) is 0 Å². The second-order valence-electron chi connectivity index (χ2n) is 6.06. The first-order valence-corrected chi connectivity index (χ1v) is 10.2. The van der Waals surface area contributed by atoms with Crippen LogP contribution in [0, 0.1) is 5.92 Å². The second kappa shape index (κ2) is 6.91. The Morgan fingerprint density at radius 1 is 1.33 bits per heavy atom. The van der Waals surface area contributed by atoms with Gasteiger partial charge in [-0.1, -0.05) is 31.9 Å². The summed E-state index contributed by atoms with van der Waals surface area (Å²) in [5, 5.41) is 3.54. The third kappa shape index (κ3) is 3.69. The molecule has 2 fully saturated rings. The molecule has 3 unspecified atom stereocenters. The molecule has 2 aliphatic rings. The van der Waals surface area contributed by atoms with Gasteiger partial charge in [-0.2, -0.15) is 11.8 Å². The third-order valence-corrected chi connectivity index (χ3v) is 6.76. The number of benzene rings is 1. The summed E-state index contributed by atoms with van der Waals surface area (Å²) < 4.78 is 8.43. The molecule has 3 rings (SSSR count). The summed E-state index contributed by atoms with van der Waals surface area (Å²) in [7, 11) is 2.07. The van der Waals surface area contributed by atoms with Crippen LogP contribution in [0.1, 0.15) is 30.9 Å². The van der Waals surface area contributed by atoms with Gasteiger partial charge in [-0.15, -0.1) is 0 Å². The summed E-state index contributed by atoms with van der Waals surface area (Å²) in [4.78, 5) is 0. The molecule has 2 nitrogen and oxygen atoms in total. The highest BCUT2D eigenvalue weighted by Crippen LogP contribution is 2.44. The van der Waals surface area contributed by atoms with Crippen molar-refractivity contribution in [3.63, 3.8) is 0 Å². The highest BCUT2D eigenvalue weighted by Gasteiger charge is 2.42. The maximum absolute atomic E-state index is 6.17. The van der Waals surface area contributed by atoms with Crippen LogP contribution in [0.15, 0.2) is 27.1 Å². The summed E-state index contributed by atoms with van der Waals surface area (Å²) in [5.41, 5.74) is 1.50. The molecule has 1 aromatic carbocycles. The van der Waals surface area contributed by atoms with E-state index in [4.69, 9.17) is 4.74 Å². The highest BCUT2D eigenvalue weighted by atomic mass is 79.9. The van der Waals surface area contributed by atoms with Gasteiger partial charge in [-0.3, -0.25) is 0 Å². The second-order valence-corrected chi connectivity index (χ2v) is 8.99. The SMILES string of the molecule is CNC(c1cc(Br)cc(Br)c1)C1CCOC2(CCSC2)C1. The number of hydrogen-bond acceptors (Lipinski definition) is 3. The van der Waals surface area contributed by atoms with Crippen LogP contribution in [0.5, 0.6) is 0 Å². The zero-order valence-corrected chi connectivity index (χ0v) is 16.2. The molecule has 0 amide bonds. The quantitative estimate of drug-likeness (QED) is 0.739. The van der Waals surface area contributed by atoms with Gasteiger partial charge in [-0.05, 0) is 61.7 Å².